The van der Waals surface area contributed by atoms with Crippen molar-refractivity contribution in [1.82, 2.24) is 14.8 Å². The molecule has 0 saturated heterocycles. The molecule has 1 saturated carbocycles. The summed E-state index contributed by atoms with van der Waals surface area (Å²) in [6, 6.07) is 0.261. The van der Waals surface area contributed by atoms with E-state index in [9.17, 15) is 9.59 Å². The van der Waals surface area contributed by atoms with E-state index in [1.807, 2.05) is 0 Å². The highest BCUT2D eigenvalue weighted by Gasteiger charge is 2.28. The van der Waals surface area contributed by atoms with Gasteiger partial charge in [0.15, 0.2) is 5.16 Å². The fraction of sp³-hybridized carbons (Fsp3) is 0.571. The van der Waals surface area contributed by atoms with Crippen molar-refractivity contribution in [2.24, 2.45) is 5.73 Å². The molecule has 1 heterocycles. The normalized spacial score (nSPS) is 15.7. The quantitative estimate of drug-likeness (QED) is 0.660. The number of hydrogen-bond donors (Lipinski definition) is 2. The van der Waals surface area contributed by atoms with Gasteiger partial charge in [-0.3, -0.25) is 9.36 Å². The first kappa shape index (κ1) is 9.32. The van der Waals surface area contributed by atoms with Crippen molar-refractivity contribution >= 4 is 17.7 Å². The summed E-state index contributed by atoms with van der Waals surface area (Å²) in [7, 11) is 0. The Bertz CT molecular complexity index is 406. The van der Waals surface area contributed by atoms with Crippen molar-refractivity contribution in [2.45, 2.75) is 24.0 Å². The Morgan fingerprint density at radius 1 is 1.71 bits per heavy atom. The van der Waals surface area contributed by atoms with Crippen LogP contribution >= 0.6 is 11.8 Å². The molecule has 7 heteroatoms. The van der Waals surface area contributed by atoms with Gasteiger partial charge in [-0.25, -0.2) is 9.89 Å². The van der Waals surface area contributed by atoms with Crippen LogP contribution in [0.1, 0.15) is 18.9 Å². The zero-order valence-corrected chi connectivity index (χ0v) is 8.21. The molecule has 1 aliphatic carbocycles. The molecule has 0 aromatic carbocycles. The van der Waals surface area contributed by atoms with Gasteiger partial charge in [-0.2, -0.15) is 0 Å². The Labute approximate surface area is 83.9 Å². The fourth-order valence-corrected chi connectivity index (χ4v) is 1.94. The second kappa shape index (κ2) is 3.49. The molecule has 3 N–H and O–H groups in total. The lowest BCUT2D eigenvalue weighted by Crippen LogP contribution is -2.17. The Morgan fingerprint density at radius 2 is 2.43 bits per heavy atom. The van der Waals surface area contributed by atoms with Crippen molar-refractivity contribution in [3.8, 4) is 0 Å². The molecule has 1 aromatic rings. The summed E-state index contributed by atoms with van der Waals surface area (Å²) in [6.07, 6.45) is 2.01. The minimum Gasteiger partial charge on any atom is -0.369 e. The highest BCUT2D eigenvalue weighted by Crippen LogP contribution is 2.35. The zero-order valence-electron chi connectivity index (χ0n) is 7.40. The summed E-state index contributed by atoms with van der Waals surface area (Å²) in [4.78, 5) is 21.8. The molecule has 0 unspecified atom stereocenters. The summed E-state index contributed by atoms with van der Waals surface area (Å²) < 4.78 is 1.59. The first-order valence-corrected chi connectivity index (χ1v) is 5.25. The molecule has 6 nitrogen and oxygen atoms in total. The molecule has 14 heavy (non-hydrogen) atoms. The molecular formula is C7H10N4O2S. The van der Waals surface area contributed by atoms with Crippen molar-refractivity contribution in [1.29, 1.82) is 0 Å². The standard InChI is InChI=1S/C7H10N4O2S/c8-5(12)3-14-7-10-9-6(13)11(7)4-1-2-4/h4H,1-3H2,(H2,8,12)(H,9,13). The van der Waals surface area contributed by atoms with Gasteiger partial charge in [0.1, 0.15) is 0 Å². The van der Waals surface area contributed by atoms with Crippen LogP contribution in [0.2, 0.25) is 0 Å². The SMILES string of the molecule is NC(=O)CSc1n[nH]c(=O)n1C1CC1. The predicted molar refractivity (Wildman–Crippen MR) is 51.0 cm³/mol. The summed E-state index contributed by atoms with van der Waals surface area (Å²) >= 11 is 1.19. The molecular weight excluding hydrogens is 204 g/mol. The molecule has 1 aromatic heterocycles. The maximum absolute atomic E-state index is 11.3. The number of rotatable bonds is 4. The first-order chi connectivity index (χ1) is 6.68. The summed E-state index contributed by atoms with van der Waals surface area (Å²) in [5, 5.41) is 6.75. The van der Waals surface area contributed by atoms with Crippen LogP contribution in [-0.2, 0) is 4.79 Å². The Hall–Kier alpha value is -1.24. The van der Waals surface area contributed by atoms with Gasteiger partial charge in [0.2, 0.25) is 5.91 Å². The number of H-pyrrole nitrogens is 1. The summed E-state index contributed by atoms with van der Waals surface area (Å²) in [5.41, 5.74) is 4.79. The lowest BCUT2D eigenvalue weighted by Gasteiger charge is -2.00. The minimum absolute atomic E-state index is 0.150. The van der Waals surface area contributed by atoms with Crippen LogP contribution in [0, 0.1) is 0 Å². The van der Waals surface area contributed by atoms with E-state index in [-0.39, 0.29) is 17.5 Å². The van der Waals surface area contributed by atoms with Gasteiger partial charge in [0.25, 0.3) is 0 Å². The van der Waals surface area contributed by atoms with Crippen LogP contribution in [0.4, 0.5) is 0 Å². The molecule has 76 valence electrons. The minimum atomic E-state index is -0.409. The number of nitrogens with one attached hydrogen (secondary N) is 1. The largest absolute Gasteiger partial charge is 0.369 e. The third-order valence-corrected chi connectivity index (χ3v) is 2.90. The molecule has 1 fully saturated rings. The molecule has 0 bridgehead atoms. The van der Waals surface area contributed by atoms with Gasteiger partial charge in [-0.15, -0.1) is 5.10 Å². The molecule has 1 amide bonds. The lowest BCUT2D eigenvalue weighted by molar-refractivity contribution is -0.115. The van der Waals surface area contributed by atoms with E-state index in [0.29, 0.717) is 5.16 Å². The number of amides is 1. The van der Waals surface area contributed by atoms with Crippen molar-refractivity contribution in [3.63, 3.8) is 0 Å². The molecule has 1 aliphatic rings. The van der Waals surface area contributed by atoms with Crippen LogP contribution in [0.25, 0.3) is 0 Å². The summed E-state index contributed by atoms with van der Waals surface area (Å²) in [5.74, 6) is -0.260. The van der Waals surface area contributed by atoms with Crippen molar-refractivity contribution in [3.05, 3.63) is 10.5 Å². The zero-order chi connectivity index (χ0) is 10.1. The number of primary amides is 1. The maximum atomic E-state index is 11.3. The fourth-order valence-electron chi connectivity index (χ4n) is 1.18. The van der Waals surface area contributed by atoms with Gasteiger partial charge in [-0.1, -0.05) is 11.8 Å². The predicted octanol–water partition coefficient (Wildman–Crippen LogP) is -0.516. The van der Waals surface area contributed by atoms with Gasteiger partial charge >= 0.3 is 5.69 Å². The van der Waals surface area contributed by atoms with Crippen LogP contribution in [-0.4, -0.2) is 26.4 Å². The monoisotopic (exact) mass is 214 g/mol. The maximum Gasteiger partial charge on any atom is 0.344 e. The number of aromatic nitrogens is 3. The average Bonchev–Trinajstić information content (AvgIpc) is 2.88. The van der Waals surface area contributed by atoms with E-state index in [2.05, 4.69) is 10.2 Å². The molecule has 0 atom stereocenters. The second-order valence-corrected chi connectivity index (χ2v) is 4.11. The summed E-state index contributed by atoms with van der Waals surface area (Å²) in [6.45, 7) is 0. The second-order valence-electron chi connectivity index (χ2n) is 3.17. The number of nitrogens with two attached hydrogens (primary N) is 1. The number of aromatic amines is 1. The molecule has 2 rings (SSSR count). The van der Waals surface area contributed by atoms with Crippen molar-refractivity contribution < 1.29 is 4.79 Å². The van der Waals surface area contributed by atoms with E-state index in [1.54, 1.807) is 4.57 Å². The number of hydrogen-bond acceptors (Lipinski definition) is 4. The molecule has 0 radical (unpaired) electrons. The van der Waals surface area contributed by atoms with Gasteiger partial charge in [0, 0.05) is 6.04 Å². The van der Waals surface area contributed by atoms with Gasteiger partial charge in [0.05, 0.1) is 5.75 Å². The number of thioether (sulfide) groups is 1. The van der Waals surface area contributed by atoms with E-state index in [0.717, 1.165) is 12.8 Å². The van der Waals surface area contributed by atoms with Crippen LogP contribution in [0.15, 0.2) is 9.95 Å². The van der Waals surface area contributed by atoms with E-state index < -0.39 is 5.91 Å². The Morgan fingerprint density at radius 3 is 3.00 bits per heavy atom. The van der Waals surface area contributed by atoms with Crippen LogP contribution < -0.4 is 11.4 Å². The Balaban J connectivity index is 2.16. The van der Waals surface area contributed by atoms with E-state index in [1.165, 1.54) is 11.8 Å². The lowest BCUT2D eigenvalue weighted by atomic mass is 10.7. The third kappa shape index (κ3) is 1.82. The van der Waals surface area contributed by atoms with Crippen molar-refractivity contribution in [2.75, 3.05) is 5.75 Å². The van der Waals surface area contributed by atoms with Gasteiger partial charge in [-0.05, 0) is 12.8 Å². The Kier molecular flexibility index (Phi) is 2.32. The highest BCUT2D eigenvalue weighted by atomic mass is 32.2. The third-order valence-electron chi connectivity index (χ3n) is 1.93. The average molecular weight is 214 g/mol. The number of carbonyl (C=O) groups excluding carboxylic acids is 1. The van der Waals surface area contributed by atoms with E-state index >= 15 is 0 Å². The smallest absolute Gasteiger partial charge is 0.344 e. The number of carbonyl (C=O) groups is 1. The van der Waals surface area contributed by atoms with Gasteiger partial charge < -0.3 is 5.73 Å². The van der Waals surface area contributed by atoms with Crippen LogP contribution in [0.3, 0.4) is 0 Å². The molecule has 0 spiro atoms. The number of nitrogens with zero attached hydrogens (tertiary/aromatic N) is 2. The molecule has 0 aliphatic heterocycles. The highest BCUT2D eigenvalue weighted by molar-refractivity contribution is 7.99. The topological polar surface area (TPSA) is 93.8 Å². The van der Waals surface area contributed by atoms with E-state index in [4.69, 9.17) is 5.73 Å². The van der Waals surface area contributed by atoms with Crippen LogP contribution in [0.5, 0.6) is 0 Å². The first-order valence-electron chi connectivity index (χ1n) is 4.26.